The number of piperazine rings is 1. The van der Waals surface area contributed by atoms with E-state index < -0.39 is 0 Å². The summed E-state index contributed by atoms with van der Waals surface area (Å²) in [4.78, 5) is 18.8. The van der Waals surface area contributed by atoms with Crippen LogP contribution in [0.3, 0.4) is 0 Å². The number of aryl methyl sites for hydroxylation is 1. The van der Waals surface area contributed by atoms with Crippen molar-refractivity contribution in [1.29, 1.82) is 0 Å². The third-order valence-corrected chi connectivity index (χ3v) is 3.83. The number of aromatic nitrogens is 2. The summed E-state index contributed by atoms with van der Waals surface area (Å²) in [6, 6.07) is 5.73. The molecule has 1 N–H and O–H groups in total. The minimum atomic E-state index is -0.0248. The van der Waals surface area contributed by atoms with Crippen molar-refractivity contribution in [3.05, 3.63) is 30.1 Å². The summed E-state index contributed by atoms with van der Waals surface area (Å²) in [6.45, 7) is 6.56. The predicted molar refractivity (Wildman–Crippen MR) is 78.7 cm³/mol. The third-order valence-electron chi connectivity index (χ3n) is 3.83. The average Bonchev–Trinajstić information content (AvgIpc) is 2.78. The van der Waals surface area contributed by atoms with E-state index in [1.807, 2.05) is 34.7 Å². The molecule has 1 aromatic heterocycles. The zero-order chi connectivity index (χ0) is 14.3. The highest BCUT2D eigenvalue weighted by Crippen LogP contribution is 2.18. The van der Waals surface area contributed by atoms with E-state index in [-0.39, 0.29) is 11.4 Å². The average molecular weight is 272 g/mol. The summed E-state index contributed by atoms with van der Waals surface area (Å²) in [5.74, 6) is 0.0899. The van der Waals surface area contributed by atoms with Crippen molar-refractivity contribution in [2.24, 2.45) is 7.05 Å². The zero-order valence-electron chi connectivity index (χ0n) is 12.2. The first kappa shape index (κ1) is 13.1. The molecule has 0 unspecified atom stereocenters. The molecule has 0 radical (unpaired) electrons. The van der Waals surface area contributed by atoms with Crippen molar-refractivity contribution in [1.82, 2.24) is 19.8 Å². The van der Waals surface area contributed by atoms with E-state index in [9.17, 15) is 4.79 Å². The van der Waals surface area contributed by atoms with Gasteiger partial charge in [0.15, 0.2) is 0 Å². The predicted octanol–water partition coefficient (Wildman–Crippen LogP) is 1.40. The van der Waals surface area contributed by atoms with Gasteiger partial charge in [-0.15, -0.1) is 0 Å². The first-order chi connectivity index (χ1) is 9.46. The molecular formula is C15H20N4O. The molecule has 1 aliphatic heterocycles. The fourth-order valence-corrected chi connectivity index (χ4v) is 2.77. The summed E-state index contributed by atoms with van der Waals surface area (Å²) >= 11 is 0. The molecule has 0 bridgehead atoms. The van der Waals surface area contributed by atoms with E-state index in [1.165, 1.54) is 0 Å². The number of carbonyl (C=O) groups excluding carboxylic acids is 1. The molecule has 1 saturated heterocycles. The molecule has 1 aromatic carbocycles. The van der Waals surface area contributed by atoms with Crippen molar-refractivity contribution >= 4 is 16.9 Å². The fraction of sp³-hybridized carbons (Fsp3) is 0.467. The van der Waals surface area contributed by atoms with Gasteiger partial charge in [0, 0.05) is 37.8 Å². The van der Waals surface area contributed by atoms with Gasteiger partial charge in [-0.2, -0.15) is 0 Å². The maximum Gasteiger partial charge on any atom is 0.254 e. The molecule has 106 valence electrons. The number of hydrogen-bond acceptors (Lipinski definition) is 3. The molecule has 0 saturated carbocycles. The molecule has 1 fully saturated rings. The number of benzene rings is 1. The van der Waals surface area contributed by atoms with E-state index in [0.717, 1.165) is 30.7 Å². The van der Waals surface area contributed by atoms with E-state index >= 15 is 0 Å². The second kappa shape index (κ2) is 4.59. The Kier molecular flexibility index (Phi) is 3.01. The van der Waals surface area contributed by atoms with Crippen LogP contribution in [0.15, 0.2) is 24.5 Å². The van der Waals surface area contributed by atoms with E-state index in [2.05, 4.69) is 24.1 Å². The number of amides is 1. The van der Waals surface area contributed by atoms with Gasteiger partial charge >= 0.3 is 0 Å². The van der Waals surface area contributed by atoms with E-state index in [0.29, 0.717) is 5.56 Å². The number of nitrogens with one attached hydrogen (secondary N) is 1. The van der Waals surface area contributed by atoms with Crippen molar-refractivity contribution < 1.29 is 4.79 Å². The third kappa shape index (κ3) is 2.29. The molecule has 3 rings (SSSR count). The minimum absolute atomic E-state index is 0.0248. The zero-order valence-corrected chi connectivity index (χ0v) is 12.2. The summed E-state index contributed by atoms with van der Waals surface area (Å²) in [5.41, 5.74) is 2.60. The van der Waals surface area contributed by atoms with Crippen LogP contribution in [0.4, 0.5) is 0 Å². The summed E-state index contributed by atoms with van der Waals surface area (Å²) in [7, 11) is 1.95. The van der Waals surface area contributed by atoms with Gasteiger partial charge in [-0.3, -0.25) is 4.79 Å². The van der Waals surface area contributed by atoms with Gasteiger partial charge in [0.2, 0.25) is 0 Å². The van der Waals surface area contributed by atoms with Crippen LogP contribution >= 0.6 is 0 Å². The summed E-state index contributed by atoms with van der Waals surface area (Å²) in [5, 5.41) is 3.42. The Hall–Kier alpha value is -1.88. The van der Waals surface area contributed by atoms with Crippen LogP contribution in [0.2, 0.25) is 0 Å². The number of carbonyl (C=O) groups is 1. The van der Waals surface area contributed by atoms with Gasteiger partial charge in [-0.25, -0.2) is 4.98 Å². The number of hydrogen-bond donors (Lipinski definition) is 1. The molecular weight excluding hydrogens is 252 g/mol. The van der Waals surface area contributed by atoms with Crippen LogP contribution in [-0.2, 0) is 7.05 Å². The lowest BCUT2D eigenvalue weighted by atomic mass is 10.0. The van der Waals surface area contributed by atoms with Crippen LogP contribution in [0.1, 0.15) is 24.2 Å². The quantitative estimate of drug-likeness (QED) is 0.853. The van der Waals surface area contributed by atoms with Crippen LogP contribution in [0.25, 0.3) is 11.0 Å². The highest BCUT2D eigenvalue weighted by Gasteiger charge is 2.29. The lowest BCUT2D eigenvalue weighted by Gasteiger charge is -2.39. The van der Waals surface area contributed by atoms with E-state index in [4.69, 9.17) is 0 Å². The number of fused-ring (bicyclic) bond motifs is 1. The van der Waals surface area contributed by atoms with Gasteiger partial charge in [-0.05, 0) is 32.0 Å². The Bertz CT molecular complexity index is 659. The number of rotatable bonds is 1. The molecule has 5 heteroatoms. The second-order valence-electron chi connectivity index (χ2n) is 6.10. The smallest absolute Gasteiger partial charge is 0.254 e. The minimum Gasteiger partial charge on any atom is -0.336 e. The van der Waals surface area contributed by atoms with Gasteiger partial charge < -0.3 is 14.8 Å². The molecule has 1 amide bonds. The van der Waals surface area contributed by atoms with Crippen LogP contribution in [0.5, 0.6) is 0 Å². The maximum absolute atomic E-state index is 12.6. The first-order valence-electron chi connectivity index (χ1n) is 6.92. The standard InChI is InChI=1S/C15H20N4O/c1-15(2)9-19(7-6-17-15)14(20)11-4-5-13-12(8-11)16-10-18(13)3/h4-5,8,10,17H,6-7,9H2,1-3H3. The molecule has 0 spiro atoms. The number of nitrogens with zero attached hydrogens (tertiary/aromatic N) is 3. The topological polar surface area (TPSA) is 50.2 Å². The van der Waals surface area contributed by atoms with Crippen molar-refractivity contribution in [2.75, 3.05) is 19.6 Å². The Labute approximate surface area is 118 Å². The summed E-state index contributed by atoms with van der Waals surface area (Å²) in [6.07, 6.45) is 1.77. The van der Waals surface area contributed by atoms with Gasteiger partial charge in [0.1, 0.15) is 0 Å². The fourth-order valence-electron chi connectivity index (χ4n) is 2.77. The van der Waals surface area contributed by atoms with Crippen LogP contribution in [0, 0.1) is 0 Å². The Morgan fingerprint density at radius 2 is 2.20 bits per heavy atom. The van der Waals surface area contributed by atoms with Crippen molar-refractivity contribution in [2.45, 2.75) is 19.4 Å². The molecule has 0 aliphatic carbocycles. The SMILES string of the molecule is Cn1cnc2cc(C(=O)N3CCNC(C)(C)C3)ccc21. The molecule has 2 heterocycles. The molecule has 5 nitrogen and oxygen atoms in total. The lowest BCUT2D eigenvalue weighted by Crippen LogP contribution is -2.58. The molecule has 1 aliphatic rings. The van der Waals surface area contributed by atoms with Crippen LogP contribution < -0.4 is 5.32 Å². The normalized spacial score (nSPS) is 18.4. The Morgan fingerprint density at radius 3 is 2.95 bits per heavy atom. The monoisotopic (exact) mass is 272 g/mol. The second-order valence-corrected chi connectivity index (χ2v) is 6.10. The van der Waals surface area contributed by atoms with E-state index in [1.54, 1.807) is 6.33 Å². The Balaban J connectivity index is 1.88. The van der Waals surface area contributed by atoms with Gasteiger partial charge in [0.05, 0.1) is 17.4 Å². The van der Waals surface area contributed by atoms with Crippen molar-refractivity contribution in [3.8, 4) is 0 Å². The Morgan fingerprint density at radius 1 is 1.40 bits per heavy atom. The first-order valence-corrected chi connectivity index (χ1v) is 6.92. The van der Waals surface area contributed by atoms with Crippen molar-refractivity contribution in [3.63, 3.8) is 0 Å². The van der Waals surface area contributed by atoms with Gasteiger partial charge in [-0.1, -0.05) is 0 Å². The van der Waals surface area contributed by atoms with Gasteiger partial charge in [0.25, 0.3) is 5.91 Å². The summed E-state index contributed by atoms with van der Waals surface area (Å²) < 4.78 is 1.96. The number of imidazole rings is 1. The molecule has 20 heavy (non-hydrogen) atoms. The highest BCUT2D eigenvalue weighted by atomic mass is 16.2. The largest absolute Gasteiger partial charge is 0.336 e. The molecule has 0 atom stereocenters. The molecule has 2 aromatic rings. The highest BCUT2D eigenvalue weighted by molar-refractivity contribution is 5.97. The lowest BCUT2D eigenvalue weighted by molar-refractivity contribution is 0.0652. The van der Waals surface area contributed by atoms with Crippen LogP contribution in [-0.4, -0.2) is 45.5 Å². The maximum atomic E-state index is 12.6.